The number of nitrogens with zero attached hydrogens (tertiary/aromatic N) is 4. The minimum absolute atomic E-state index is 0.0281. The first kappa shape index (κ1) is 16.1. The highest BCUT2D eigenvalue weighted by Crippen LogP contribution is 2.13. The first-order chi connectivity index (χ1) is 10.4. The van der Waals surface area contributed by atoms with Gasteiger partial charge in [-0.25, -0.2) is 9.78 Å². The summed E-state index contributed by atoms with van der Waals surface area (Å²) in [6.07, 6.45) is 3.59. The van der Waals surface area contributed by atoms with E-state index >= 15 is 0 Å². The van der Waals surface area contributed by atoms with E-state index in [1.807, 2.05) is 17.9 Å². The summed E-state index contributed by atoms with van der Waals surface area (Å²) in [6, 6.07) is 1.15. The maximum absolute atomic E-state index is 12.2. The van der Waals surface area contributed by atoms with E-state index in [1.165, 1.54) is 25.9 Å². The fourth-order valence-corrected chi connectivity index (χ4v) is 2.54. The molecule has 2 aromatic heterocycles. The summed E-state index contributed by atoms with van der Waals surface area (Å²) in [4.78, 5) is 39.9. The van der Waals surface area contributed by atoms with Gasteiger partial charge in [-0.05, 0) is 6.26 Å². The zero-order chi connectivity index (χ0) is 16.4. The van der Waals surface area contributed by atoms with Gasteiger partial charge in [-0.1, -0.05) is 11.8 Å². The molecular formula is C13H17N5O3S. The van der Waals surface area contributed by atoms with Gasteiger partial charge in [0.1, 0.15) is 5.69 Å². The number of imidazole rings is 1. The highest BCUT2D eigenvalue weighted by molar-refractivity contribution is 7.98. The zero-order valence-electron chi connectivity index (χ0n) is 12.8. The van der Waals surface area contributed by atoms with Crippen LogP contribution in [-0.4, -0.2) is 30.8 Å². The van der Waals surface area contributed by atoms with Crippen LogP contribution in [0, 0.1) is 0 Å². The van der Waals surface area contributed by atoms with Gasteiger partial charge in [0.15, 0.2) is 5.16 Å². The second-order valence-corrected chi connectivity index (χ2v) is 5.52. The van der Waals surface area contributed by atoms with Gasteiger partial charge >= 0.3 is 5.69 Å². The predicted octanol–water partition coefficient (Wildman–Crippen LogP) is -0.531. The average Bonchev–Trinajstić information content (AvgIpc) is 2.86. The van der Waals surface area contributed by atoms with Crippen LogP contribution < -0.4 is 16.6 Å². The summed E-state index contributed by atoms with van der Waals surface area (Å²) < 4.78 is 3.96. The highest BCUT2D eigenvalue weighted by atomic mass is 32.2. The zero-order valence-corrected chi connectivity index (χ0v) is 13.6. The van der Waals surface area contributed by atoms with Gasteiger partial charge in [0.25, 0.3) is 11.5 Å². The molecule has 0 bridgehead atoms. The summed E-state index contributed by atoms with van der Waals surface area (Å²) >= 11 is 1.50. The molecule has 2 heterocycles. The van der Waals surface area contributed by atoms with Crippen molar-refractivity contribution >= 4 is 17.7 Å². The third-order valence-corrected chi connectivity index (χ3v) is 4.16. The van der Waals surface area contributed by atoms with Crippen LogP contribution in [0.15, 0.2) is 27.0 Å². The quantitative estimate of drug-likeness (QED) is 0.764. The smallest absolute Gasteiger partial charge is 0.331 e. The van der Waals surface area contributed by atoms with E-state index in [1.54, 1.807) is 6.20 Å². The maximum atomic E-state index is 12.2. The normalized spacial score (nSPS) is 10.7. The Morgan fingerprint density at radius 2 is 1.91 bits per heavy atom. The molecule has 8 nitrogen and oxygen atoms in total. The van der Waals surface area contributed by atoms with E-state index in [9.17, 15) is 14.4 Å². The van der Waals surface area contributed by atoms with Crippen LogP contribution in [0.4, 0.5) is 0 Å². The molecule has 0 aliphatic rings. The van der Waals surface area contributed by atoms with E-state index in [0.29, 0.717) is 0 Å². The molecule has 1 amide bonds. The summed E-state index contributed by atoms with van der Waals surface area (Å²) in [5.41, 5.74) is -0.201. The maximum Gasteiger partial charge on any atom is 0.331 e. The molecule has 0 saturated carbocycles. The van der Waals surface area contributed by atoms with Gasteiger partial charge in [0, 0.05) is 27.2 Å². The van der Waals surface area contributed by atoms with Crippen LogP contribution in [0.3, 0.4) is 0 Å². The number of thioether (sulfide) groups is 1. The van der Waals surface area contributed by atoms with Crippen molar-refractivity contribution in [2.75, 3.05) is 6.26 Å². The second kappa shape index (κ2) is 6.22. The minimum Gasteiger partial charge on any atom is -0.345 e. The minimum atomic E-state index is -0.539. The van der Waals surface area contributed by atoms with Crippen LogP contribution in [-0.2, 0) is 27.7 Å². The molecule has 1 N–H and O–H groups in total. The number of amides is 1. The van der Waals surface area contributed by atoms with Gasteiger partial charge < -0.3 is 9.88 Å². The number of aromatic nitrogens is 4. The van der Waals surface area contributed by atoms with E-state index in [2.05, 4.69) is 10.3 Å². The molecule has 118 valence electrons. The Bertz CT molecular complexity index is 833. The highest BCUT2D eigenvalue weighted by Gasteiger charge is 2.14. The lowest BCUT2D eigenvalue weighted by Gasteiger charge is -2.10. The Morgan fingerprint density at radius 1 is 1.23 bits per heavy atom. The van der Waals surface area contributed by atoms with Gasteiger partial charge in [-0.3, -0.25) is 18.7 Å². The fourth-order valence-electron chi connectivity index (χ4n) is 1.99. The third-order valence-electron chi connectivity index (χ3n) is 3.41. The lowest BCUT2D eigenvalue weighted by molar-refractivity contribution is 0.0939. The third kappa shape index (κ3) is 2.84. The molecule has 0 aromatic carbocycles. The lowest BCUT2D eigenvalue weighted by atomic mass is 10.3. The Labute approximate surface area is 130 Å². The summed E-state index contributed by atoms with van der Waals surface area (Å²) in [7, 11) is 4.67. The molecule has 22 heavy (non-hydrogen) atoms. The number of hydrogen-bond acceptors (Lipinski definition) is 5. The van der Waals surface area contributed by atoms with Crippen LogP contribution in [0.2, 0.25) is 0 Å². The van der Waals surface area contributed by atoms with Crippen molar-refractivity contribution in [3.05, 3.63) is 44.5 Å². The first-order valence-corrected chi connectivity index (χ1v) is 7.69. The average molecular weight is 323 g/mol. The molecule has 0 fully saturated rings. The number of rotatable bonds is 4. The number of carbonyl (C=O) groups is 1. The van der Waals surface area contributed by atoms with Crippen molar-refractivity contribution in [3.8, 4) is 0 Å². The van der Waals surface area contributed by atoms with Crippen LogP contribution in [0.5, 0.6) is 0 Å². The Morgan fingerprint density at radius 3 is 2.50 bits per heavy atom. The molecule has 0 saturated heterocycles. The predicted molar refractivity (Wildman–Crippen MR) is 83.1 cm³/mol. The van der Waals surface area contributed by atoms with E-state index < -0.39 is 17.2 Å². The SMILES string of the molecule is CSc1ncc(CNC(=O)c2cc(=O)n(C)c(=O)n2C)n1C. The molecule has 0 radical (unpaired) electrons. The number of nitrogens with one attached hydrogen (secondary N) is 1. The van der Waals surface area contributed by atoms with Gasteiger partial charge in [0.2, 0.25) is 0 Å². The number of carbonyl (C=O) groups excluding carboxylic acids is 1. The van der Waals surface area contributed by atoms with Gasteiger partial charge in [0.05, 0.1) is 18.4 Å². The van der Waals surface area contributed by atoms with E-state index in [-0.39, 0.29) is 12.2 Å². The number of hydrogen-bond donors (Lipinski definition) is 1. The summed E-state index contributed by atoms with van der Waals surface area (Å²) in [5, 5.41) is 3.53. The van der Waals surface area contributed by atoms with Crippen LogP contribution >= 0.6 is 11.8 Å². The van der Waals surface area contributed by atoms with Crippen molar-refractivity contribution in [1.29, 1.82) is 0 Å². The van der Waals surface area contributed by atoms with E-state index in [0.717, 1.165) is 26.1 Å². The molecule has 0 spiro atoms. The Kier molecular flexibility index (Phi) is 4.55. The molecule has 2 rings (SSSR count). The largest absolute Gasteiger partial charge is 0.345 e. The molecule has 0 aliphatic heterocycles. The van der Waals surface area contributed by atoms with E-state index in [4.69, 9.17) is 0 Å². The van der Waals surface area contributed by atoms with Crippen LogP contribution in [0.25, 0.3) is 0 Å². The van der Waals surface area contributed by atoms with Crippen molar-refractivity contribution in [2.45, 2.75) is 11.7 Å². The molecule has 0 aliphatic carbocycles. The molecule has 0 atom stereocenters. The van der Waals surface area contributed by atoms with Crippen molar-refractivity contribution in [3.63, 3.8) is 0 Å². The van der Waals surface area contributed by atoms with Crippen molar-refractivity contribution in [1.82, 2.24) is 24.0 Å². The van der Waals surface area contributed by atoms with Crippen molar-refractivity contribution < 1.29 is 4.79 Å². The lowest BCUT2D eigenvalue weighted by Crippen LogP contribution is -2.41. The summed E-state index contributed by atoms with van der Waals surface area (Å²) in [5.74, 6) is -0.482. The van der Waals surface area contributed by atoms with Gasteiger partial charge in [-0.15, -0.1) is 0 Å². The standard InChI is InChI=1S/C13H17N5O3S/c1-16-8(7-15-12(16)22-4)6-14-11(20)9-5-10(19)18(3)13(21)17(9)2/h5,7H,6H2,1-4H3,(H,14,20). The monoisotopic (exact) mass is 323 g/mol. The summed E-state index contributed by atoms with van der Waals surface area (Å²) in [6.45, 7) is 0.256. The second-order valence-electron chi connectivity index (χ2n) is 4.75. The molecular weight excluding hydrogens is 306 g/mol. The topological polar surface area (TPSA) is 90.9 Å². The fraction of sp³-hybridized carbons (Fsp3) is 0.385. The molecule has 9 heteroatoms. The van der Waals surface area contributed by atoms with Gasteiger partial charge in [-0.2, -0.15) is 0 Å². The Hall–Kier alpha value is -2.29. The first-order valence-electron chi connectivity index (χ1n) is 6.46. The molecule has 0 unspecified atom stereocenters. The van der Waals surface area contributed by atoms with Crippen LogP contribution in [0.1, 0.15) is 16.2 Å². The Balaban J connectivity index is 2.22. The van der Waals surface area contributed by atoms with Crippen molar-refractivity contribution in [2.24, 2.45) is 21.1 Å². The molecule has 2 aromatic rings.